The smallest absolute Gasteiger partial charge is 0.306 e. The highest BCUT2D eigenvalue weighted by Gasteiger charge is 2.10. The predicted molar refractivity (Wildman–Crippen MR) is 74.3 cm³/mol. The second kappa shape index (κ2) is 13.8. The molecule has 0 aromatic heterocycles. The number of carbonyl (C=O) groups excluding carboxylic acids is 2. The Kier molecular flexibility index (Phi) is 14.3. The monoisotopic (exact) mass is 290 g/mol. The summed E-state index contributed by atoms with van der Waals surface area (Å²) in [6.45, 7) is 7.28. The van der Waals surface area contributed by atoms with Crippen LogP contribution in [0.25, 0.3) is 0 Å². The Balaban J connectivity index is 0. The molecule has 6 heteroatoms. The quantitative estimate of drug-likeness (QED) is 0.691. The molecule has 118 valence electrons. The molecule has 0 amide bonds. The van der Waals surface area contributed by atoms with E-state index in [9.17, 15) is 14.4 Å². The predicted octanol–water partition coefficient (Wildman–Crippen LogP) is 2.54. The van der Waals surface area contributed by atoms with Crippen molar-refractivity contribution in [1.29, 1.82) is 0 Å². The zero-order chi connectivity index (χ0) is 16.0. The van der Waals surface area contributed by atoms with Crippen LogP contribution in [-0.4, -0.2) is 35.7 Å². The van der Waals surface area contributed by atoms with E-state index in [0.29, 0.717) is 12.8 Å². The number of ether oxygens (including phenoxy) is 2. The number of carboxylic acid groups (broad SMARTS) is 1. The fraction of sp³-hybridized carbons (Fsp3) is 0.786. The average Bonchev–Trinajstić information content (AvgIpc) is 2.37. The Morgan fingerprint density at radius 3 is 1.85 bits per heavy atom. The van der Waals surface area contributed by atoms with Gasteiger partial charge in [-0.15, -0.1) is 0 Å². The summed E-state index contributed by atoms with van der Waals surface area (Å²) in [7, 11) is 0. The van der Waals surface area contributed by atoms with E-state index >= 15 is 0 Å². The minimum atomic E-state index is -0.745. The van der Waals surface area contributed by atoms with Crippen molar-refractivity contribution in [2.24, 2.45) is 0 Å². The molecule has 0 rings (SSSR count). The number of carboxylic acids is 1. The van der Waals surface area contributed by atoms with Gasteiger partial charge in [-0.1, -0.05) is 20.8 Å². The molecular weight excluding hydrogens is 264 g/mol. The molecule has 0 aliphatic rings. The summed E-state index contributed by atoms with van der Waals surface area (Å²) in [5.41, 5.74) is 0. The molecule has 6 nitrogen and oxygen atoms in total. The maximum Gasteiger partial charge on any atom is 0.306 e. The second-order valence-electron chi connectivity index (χ2n) is 4.23. The number of esters is 2. The average molecular weight is 290 g/mol. The third-order valence-electron chi connectivity index (χ3n) is 2.02. The van der Waals surface area contributed by atoms with Gasteiger partial charge >= 0.3 is 17.9 Å². The van der Waals surface area contributed by atoms with Crippen LogP contribution in [0, 0.1) is 0 Å². The molecule has 1 N–H and O–H groups in total. The standard InChI is InChI=1S/C11H20O4.C3H6O2/c1-4-6-10(12)14-8-9(3)15-11(13)7-5-2;1-2-3(4)5/h9H,4-8H2,1-3H3;2H2,1H3,(H,4,5). The fourth-order valence-electron chi connectivity index (χ4n) is 1.01. The van der Waals surface area contributed by atoms with Crippen molar-refractivity contribution >= 4 is 17.9 Å². The van der Waals surface area contributed by atoms with Crippen molar-refractivity contribution in [2.75, 3.05) is 6.61 Å². The summed E-state index contributed by atoms with van der Waals surface area (Å²) in [5.74, 6) is -1.22. The van der Waals surface area contributed by atoms with Gasteiger partial charge in [-0.05, 0) is 19.8 Å². The van der Waals surface area contributed by atoms with E-state index in [1.807, 2.05) is 13.8 Å². The zero-order valence-electron chi connectivity index (χ0n) is 12.8. The van der Waals surface area contributed by atoms with Gasteiger partial charge in [0.05, 0.1) is 0 Å². The molecule has 1 atom stereocenters. The lowest BCUT2D eigenvalue weighted by Gasteiger charge is -2.13. The number of aliphatic carboxylic acids is 1. The molecule has 0 saturated carbocycles. The van der Waals surface area contributed by atoms with Gasteiger partial charge in [-0.3, -0.25) is 14.4 Å². The highest BCUT2D eigenvalue weighted by atomic mass is 16.6. The van der Waals surface area contributed by atoms with Gasteiger partial charge in [0.2, 0.25) is 0 Å². The van der Waals surface area contributed by atoms with Gasteiger partial charge in [0.25, 0.3) is 0 Å². The van der Waals surface area contributed by atoms with E-state index in [2.05, 4.69) is 0 Å². The van der Waals surface area contributed by atoms with Crippen LogP contribution in [-0.2, 0) is 23.9 Å². The summed E-state index contributed by atoms with van der Waals surface area (Å²) < 4.78 is 9.91. The van der Waals surface area contributed by atoms with E-state index in [1.165, 1.54) is 0 Å². The molecule has 0 aromatic rings. The lowest BCUT2D eigenvalue weighted by molar-refractivity contribution is -0.158. The van der Waals surface area contributed by atoms with Crippen LogP contribution < -0.4 is 0 Å². The van der Waals surface area contributed by atoms with Gasteiger partial charge in [-0.2, -0.15) is 0 Å². The van der Waals surface area contributed by atoms with Crippen LogP contribution in [0.3, 0.4) is 0 Å². The first-order valence-corrected chi connectivity index (χ1v) is 6.94. The molecule has 1 unspecified atom stereocenters. The second-order valence-corrected chi connectivity index (χ2v) is 4.23. The van der Waals surface area contributed by atoms with E-state index in [1.54, 1.807) is 13.8 Å². The molecule has 0 heterocycles. The summed E-state index contributed by atoms with van der Waals surface area (Å²) in [4.78, 5) is 31.4. The summed E-state index contributed by atoms with van der Waals surface area (Å²) in [6.07, 6.45) is 2.22. The van der Waals surface area contributed by atoms with Crippen molar-refractivity contribution in [2.45, 2.75) is 65.9 Å². The van der Waals surface area contributed by atoms with Crippen LogP contribution in [0.1, 0.15) is 59.8 Å². The minimum Gasteiger partial charge on any atom is -0.481 e. The normalized spacial score (nSPS) is 10.8. The molecule has 0 aliphatic carbocycles. The largest absolute Gasteiger partial charge is 0.481 e. The third kappa shape index (κ3) is 16.4. The SMILES string of the molecule is CCC(=O)O.CCCC(=O)OCC(C)OC(=O)CCC. The first kappa shape index (κ1) is 20.7. The first-order chi connectivity index (χ1) is 9.37. The van der Waals surface area contributed by atoms with Crippen molar-refractivity contribution < 1.29 is 29.0 Å². The van der Waals surface area contributed by atoms with Crippen LogP contribution in [0.2, 0.25) is 0 Å². The lowest BCUT2D eigenvalue weighted by Crippen LogP contribution is -2.22. The van der Waals surface area contributed by atoms with Crippen LogP contribution in [0.15, 0.2) is 0 Å². The topological polar surface area (TPSA) is 89.9 Å². The molecule has 0 aliphatic heterocycles. The Bertz CT molecular complexity index is 287. The van der Waals surface area contributed by atoms with Crippen molar-refractivity contribution in [1.82, 2.24) is 0 Å². The maximum atomic E-state index is 11.1. The number of rotatable bonds is 8. The van der Waals surface area contributed by atoms with Gasteiger partial charge < -0.3 is 14.6 Å². The minimum absolute atomic E-state index is 0.147. The molecule has 0 fully saturated rings. The molecule has 0 aromatic carbocycles. The Morgan fingerprint density at radius 2 is 1.45 bits per heavy atom. The fourth-order valence-corrected chi connectivity index (χ4v) is 1.01. The summed E-state index contributed by atoms with van der Waals surface area (Å²) in [6, 6.07) is 0. The summed E-state index contributed by atoms with van der Waals surface area (Å²) >= 11 is 0. The molecular formula is C14H26O6. The molecule has 0 spiro atoms. The van der Waals surface area contributed by atoms with Gasteiger partial charge in [-0.25, -0.2) is 0 Å². The van der Waals surface area contributed by atoms with Crippen molar-refractivity contribution in [3.05, 3.63) is 0 Å². The molecule has 0 saturated heterocycles. The number of hydrogen-bond acceptors (Lipinski definition) is 5. The van der Waals surface area contributed by atoms with Gasteiger partial charge in [0.15, 0.2) is 0 Å². The van der Waals surface area contributed by atoms with Crippen molar-refractivity contribution in [3.63, 3.8) is 0 Å². The van der Waals surface area contributed by atoms with E-state index in [4.69, 9.17) is 14.6 Å². The molecule has 0 bridgehead atoms. The van der Waals surface area contributed by atoms with E-state index < -0.39 is 5.97 Å². The summed E-state index contributed by atoms with van der Waals surface area (Å²) in [5, 5.41) is 7.72. The van der Waals surface area contributed by atoms with Crippen molar-refractivity contribution in [3.8, 4) is 0 Å². The molecule has 20 heavy (non-hydrogen) atoms. The highest BCUT2D eigenvalue weighted by molar-refractivity contribution is 5.70. The van der Waals surface area contributed by atoms with E-state index in [0.717, 1.165) is 12.8 Å². The lowest BCUT2D eigenvalue weighted by atomic mass is 10.3. The number of hydrogen-bond donors (Lipinski definition) is 1. The Morgan fingerprint density at radius 1 is 1.00 bits per heavy atom. The van der Waals surface area contributed by atoms with Gasteiger partial charge in [0, 0.05) is 19.3 Å². The Hall–Kier alpha value is -1.59. The maximum absolute atomic E-state index is 11.1. The highest BCUT2D eigenvalue weighted by Crippen LogP contribution is 1.99. The zero-order valence-corrected chi connectivity index (χ0v) is 12.8. The number of carbonyl (C=O) groups is 3. The first-order valence-electron chi connectivity index (χ1n) is 6.94. The van der Waals surface area contributed by atoms with Crippen LogP contribution >= 0.6 is 0 Å². The van der Waals surface area contributed by atoms with Crippen LogP contribution in [0.4, 0.5) is 0 Å². The third-order valence-corrected chi connectivity index (χ3v) is 2.02. The molecule has 0 radical (unpaired) electrons. The van der Waals surface area contributed by atoms with E-state index in [-0.39, 0.29) is 31.1 Å². The van der Waals surface area contributed by atoms with Gasteiger partial charge in [0.1, 0.15) is 12.7 Å². The van der Waals surface area contributed by atoms with Crippen LogP contribution in [0.5, 0.6) is 0 Å². The Labute approximate surface area is 120 Å².